The molecule has 0 unspecified atom stereocenters. The molecule has 164 valence electrons. The summed E-state index contributed by atoms with van der Waals surface area (Å²) in [5.74, 6) is -0.0476. The van der Waals surface area contributed by atoms with Crippen LogP contribution in [0.25, 0.3) is 26.8 Å². The van der Waals surface area contributed by atoms with Crippen LogP contribution in [0.15, 0.2) is 63.9 Å². The minimum absolute atomic E-state index is 0.140. The van der Waals surface area contributed by atoms with Crippen molar-refractivity contribution in [2.75, 3.05) is 4.90 Å². The van der Waals surface area contributed by atoms with E-state index in [0.29, 0.717) is 25.7 Å². The number of furan rings is 1. The third kappa shape index (κ3) is 4.00. The van der Waals surface area contributed by atoms with Gasteiger partial charge in [-0.15, -0.1) is 11.3 Å². The van der Waals surface area contributed by atoms with Gasteiger partial charge in [0.25, 0.3) is 5.91 Å². The van der Waals surface area contributed by atoms with E-state index in [0.717, 1.165) is 26.3 Å². The van der Waals surface area contributed by atoms with E-state index in [1.165, 1.54) is 28.8 Å². The van der Waals surface area contributed by atoms with Gasteiger partial charge in [-0.25, -0.2) is 4.79 Å². The van der Waals surface area contributed by atoms with Crippen molar-refractivity contribution >= 4 is 85.0 Å². The second kappa shape index (κ2) is 8.46. The molecule has 0 bridgehead atoms. The minimum atomic E-state index is -1.03. The van der Waals surface area contributed by atoms with Crippen LogP contribution >= 0.6 is 46.9 Å². The standard InChI is InChI=1S/C24H14ClNO4S3/c1-12-17-10-14(25)4-9-19(17)32-21(12)18-8-7-16(30-18)11-20-22(27)26(24(31)33-20)15-5-2-13(3-6-15)23(28)29/h2-11H,1H3,(H,28,29). The molecular formula is C24H14ClNO4S3. The predicted molar refractivity (Wildman–Crippen MR) is 138 cm³/mol. The number of thiocarbonyl (C=S) groups is 1. The smallest absolute Gasteiger partial charge is 0.335 e. The van der Waals surface area contributed by atoms with E-state index in [1.54, 1.807) is 29.5 Å². The van der Waals surface area contributed by atoms with Crippen LogP contribution in [-0.4, -0.2) is 21.3 Å². The summed E-state index contributed by atoms with van der Waals surface area (Å²) in [6.07, 6.45) is 1.67. The molecule has 1 aliphatic heterocycles. The van der Waals surface area contributed by atoms with Gasteiger partial charge in [0.15, 0.2) is 4.32 Å². The quantitative estimate of drug-likeness (QED) is 0.230. The maximum absolute atomic E-state index is 13.0. The fourth-order valence-corrected chi connectivity index (χ4v) is 6.16. The van der Waals surface area contributed by atoms with E-state index < -0.39 is 5.97 Å². The lowest BCUT2D eigenvalue weighted by atomic mass is 10.1. The van der Waals surface area contributed by atoms with E-state index in [4.69, 9.17) is 33.3 Å². The Kier molecular flexibility index (Phi) is 5.62. The van der Waals surface area contributed by atoms with Crippen LogP contribution < -0.4 is 4.90 Å². The van der Waals surface area contributed by atoms with E-state index in [1.807, 2.05) is 37.3 Å². The summed E-state index contributed by atoms with van der Waals surface area (Å²) in [5, 5.41) is 10.9. The molecule has 2 aromatic heterocycles. The zero-order valence-corrected chi connectivity index (χ0v) is 20.2. The number of carbonyl (C=O) groups is 2. The molecule has 2 aromatic carbocycles. The van der Waals surface area contributed by atoms with Crippen LogP contribution in [0.1, 0.15) is 21.7 Å². The molecule has 5 rings (SSSR count). The Bertz CT molecular complexity index is 1480. The number of rotatable bonds is 4. The molecule has 3 heterocycles. The second-order valence-corrected chi connectivity index (χ2v) is 10.4. The number of hydrogen-bond donors (Lipinski definition) is 1. The number of anilines is 1. The van der Waals surface area contributed by atoms with E-state index in [-0.39, 0.29) is 11.5 Å². The highest BCUT2D eigenvalue weighted by molar-refractivity contribution is 8.27. The number of carbonyl (C=O) groups excluding carboxylic acids is 1. The number of carboxylic acids is 1. The van der Waals surface area contributed by atoms with Crippen LogP contribution in [0.3, 0.4) is 0 Å². The number of aromatic carboxylic acids is 1. The molecule has 0 spiro atoms. The normalized spacial score (nSPS) is 15.2. The summed E-state index contributed by atoms with van der Waals surface area (Å²) in [7, 11) is 0. The molecule has 1 aliphatic rings. The lowest BCUT2D eigenvalue weighted by molar-refractivity contribution is -0.113. The molecular weight excluding hydrogens is 498 g/mol. The Hall–Kier alpha value is -2.91. The molecule has 5 nitrogen and oxygen atoms in total. The molecule has 1 fully saturated rings. The largest absolute Gasteiger partial charge is 0.478 e. The Morgan fingerprint density at radius 2 is 1.91 bits per heavy atom. The molecule has 0 atom stereocenters. The van der Waals surface area contributed by atoms with Crippen molar-refractivity contribution in [2.45, 2.75) is 6.92 Å². The number of thiophene rings is 1. The topological polar surface area (TPSA) is 70.8 Å². The fourth-order valence-electron chi connectivity index (χ4n) is 3.55. The SMILES string of the molecule is Cc1c(-c2ccc(C=C3SC(=S)N(c4ccc(C(=O)O)cc4)C3=O)o2)sc2ccc(Cl)cc12. The number of thioether (sulfide) groups is 1. The van der Waals surface area contributed by atoms with Crippen LogP contribution in [0.5, 0.6) is 0 Å². The average Bonchev–Trinajstić information content (AvgIpc) is 3.45. The number of aryl methyl sites for hydroxylation is 1. The average molecular weight is 512 g/mol. The van der Waals surface area contributed by atoms with Crippen molar-refractivity contribution < 1.29 is 19.1 Å². The fraction of sp³-hybridized carbons (Fsp3) is 0.0417. The van der Waals surface area contributed by atoms with Crippen molar-refractivity contribution in [3.05, 3.63) is 81.4 Å². The highest BCUT2D eigenvalue weighted by Crippen LogP contribution is 2.41. The summed E-state index contributed by atoms with van der Waals surface area (Å²) < 4.78 is 7.55. The summed E-state index contributed by atoms with van der Waals surface area (Å²) in [4.78, 5) is 26.9. The van der Waals surface area contributed by atoms with Gasteiger partial charge in [0, 0.05) is 15.8 Å². The van der Waals surface area contributed by atoms with Crippen LogP contribution in [-0.2, 0) is 4.79 Å². The van der Waals surface area contributed by atoms with Gasteiger partial charge in [-0.05, 0) is 72.5 Å². The first-order valence-corrected chi connectivity index (χ1v) is 12.1. The maximum Gasteiger partial charge on any atom is 0.335 e. The van der Waals surface area contributed by atoms with Gasteiger partial charge in [-0.2, -0.15) is 0 Å². The number of nitrogens with zero attached hydrogens (tertiary/aromatic N) is 1. The Balaban J connectivity index is 1.43. The second-order valence-electron chi connectivity index (χ2n) is 7.27. The van der Waals surface area contributed by atoms with Gasteiger partial charge in [0.2, 0.25) is 0 Å². The van der Waals surface area contributed by atoms with Crippen molar-refractivity contribution in [3.8, 4) is 10.6 Å². The van der Waals surface area contributed by atoms with Gasteiger partial charge in [0.1, 0.15) is 11.5 Å². The van der Waals surface area contributed by atoms with Crippen LogP contribution in [0, 0.1) is 6.92 Å². The van der Waals surface area contributed by atoms with E-state index in [2.05, 4.69) is 0 Å². The molecule has 1 amide bonds. The highest BCUT2D eigenvalue weighted by Gasteiger charge is 2.33. The number of halogens is 1. The highest BCUT2D eigenvalue weighted by atomic mass is 35.5. The third-order valence-electron chi connectivity index (χ3n) is 5.19. The Labute approximate surface area is 207 Å². The van der Waals surface area contributed by atoms with Gasteiger partial charge in [0.05, 0.1) is 21.0 Å². The van der Waals surface area contributed by atoms with Gasteiger partial charge >= 0.3 is 5.97 Å². The van der Waals surface area contributed by atoms with Crippen molar-refractivity contribution in [2.24, 2.45) is 0 Å². The molecule has 0 aliphatic carbocycles. The Morgan fingerprint density at radius 3 is 2.64 bits per heavy atom. The van der Waals surface area contributed by atoms with Crippen molar-refractivity contribution in [3.63, 3.8) is 0 Å². The summed E-state index contributed by atoms with van der Waals surface area (Å²) in [5.41, 5.74) is 1.75. The molecule has 1 saturated heterocycles. The van der Waals surface area contributed by atoms with E-state index >= 15 is 0 Å². The Morgan fingerprint density at radius 1 is 1.15 bits per heavy atom. The molecule has 1 N–H and O–H groups in total. The number of fused-ring (bicyclic) bond motifs is 1. The number of carboxylic acid groups (broad SMARTS) is 1. The zero-order chi connectivity index (χ0) is 23.3. The first kappa shape index (κ1) is 21.9. The molecule has 33 heavy (non-hydrogen) atoms. The zero-order valence-electron chi connectivity index (χ0n) is 17.0. The van der Waals surface area contributed by atoms with Gasteiger partial charge < -0.3 is 9.52 Å². The first-order chi connectivity index (χ1) is 15.8. The first-order valence-electron chi connectivity index (χ1n) is 9.72. The lowest BCUT2D eigenvalue weighted by Gasteiger charge is -2.14. The van der Waals surface area contributed by atoms with Crippen LogP contribution in [0.4, 0.5) is 5.69 Å². The lowest BCUT2D eigenvalue weighted by Crippen LogP contribution is -2.27. The predicted octanol–water partition coefficient (Wildman–Crippen LogP) is 7.23. The van der Waals surface area contributed by atoms with Gasteiger partial charge in [-0.1, -0.05) is 35.6 Å². The van der Waals surface area contributed by atoms with Crippen LogP contribution in [0.2, 0.25) is 5.02 Å². The van der Waals surface area contributed by atoms with Crippen molar-refractivity contribution in [1.82, 2.24) is 0 Å². The number of benzene rings is 2. The van der Waals surface area contributed by atoms with E-state index in [9.17, 15) is 9.59 Å². The summed E-state index contributed by atoms with van der Waals surface area (Å²) in [6.45, 7) is 2.04. The molecule has 0 saturated carbocycles. The third-order valence-corrected chi connectivity index (χ3v) is 8.01. The maximum atomic E-state index is 13.0. The number of amides is 1. The molecule has 4 aromatic rings. The summed E-state index contributed by atoms with van der Waals surface area (Å²) in [6, 6.07) is 15.5. The number of hydrogen-bond acceptors (Lipinski definition) is 6. The monoisotopic (exact) mass is 511 g/mol. The van der Waals surface area contributed by atoms with Gasteiger partial charge in [-0.3, -0.25) is 9.69 Å². The molecule has 0 radical (unpaired) electrons. The summed E-state index contributed by atoms with van der Waals surface area (Å²) >= 11 is 14.3. The minimum Gasteiger partial charge on any atom is -0.478 e. The molecule has 9 heteroatoms. The van der Waals surface area contributed by atoms with Crippen molar-refractivity contribution in [1.29, 1.82) is 0 Å².